The van der Waals surface area contributed by atoms with Crippen molar-refractivity contribution in [3.8, 4) is 0 Å². The van der Waals surface area contributed by atoms with Gasteiger partial charge in [-0.3, -0.25) is 19.3 Å². The third-order valence-corrected chi connectivity index (χ3v) is 6.92. The van der Waals surface area contributed by atoms with Crippen molar-refractivity contribution in [2.45, 2.75) is 19.5 Å². The van der Waals surface area contributed by atoms with Crippen molar-refractivity contribution in [1.82, 2.24) is 9.80 Å². The van der Waals surface area contributed by atoms with Crippen molar-refractivity contribution in [3.63, 3.8) is 0 Å². The SMILES string of the molecule is O=C(c1cccc(/C=C2\SC(=O)N(Cc3ccccc3F)C2=O)c1)N1CCc2ccccc2C1. The van der Waals surface area contributed by atoms with Crippen LogP contribution < -0.4 is 0 Å². The van der Waals surface area contributed by atoms with Crippen molar-refractivity contribution in [3.05, 3.63) is 111 Å². The standard InChI is InChI=1S/C27H21FN2O3S/c28-23-11-4-3-9-22(23)17-30-26(32)24(34-27(30)33)15-18-6-5-10-20(14-18)25(31)29-13-12-19-7-1-2-8-21(19)16-29/h1-11,14-15H,12-13,16-17H2/b24-15-. The first-order valence-electron chi connectivity index (χ1n) is 10.9. The van der Waals surface area contributed by atoms with E-state index in [0.29, 0.717) is 24.2 Å². The van der Waals surface area contributed by atoms with Crippen LogP contribution in [0.3, 0.4) is 0 Å². The molecule has 3 aromatic rings. The highest BCUT2D eigenvalue weighted by Gasteiger charge is 2.35. The van der Waals surface area contributed by atoms with E-state index in [-0.39, 0.29) is 22.9 Å². The zero-order chi connectivity index (χ0) is 23.7. The first-order valence-corrected chi connectivity index (χ1v) is 11.8. The number of carbonyl (C=O) groups is 3. The minimum absolute atomic E-state index is 0.0718. The summed E-state index contributed by atoms with van der Waals surface area (Å²) < 4.78 is 14.0. The normalized spacial score (nSPS) is 16.8. The molecule has 3 aromatic carbocycles. The molecule has 0 atom stereocenters. The number of rotatable bonds is 4. The Hall–Kier alpha value is -3.71. The van der Waals surface area contributed by atoms with Crippen LogP contribution in [-0.2, 0) is 24.3 Å². The van der Waals surface area contributed by atoms with Gasteiger partial charge < -0.3 is 4.90 Å². The molecule has 1 fully saturated rings. The Morgan fingerprint density at radius 2 is 1.74 bits per heavy atom. The summed E-state index contributed by atoms with van der Waals surface area (Å²) in [7, 11) is 0. The molecule has 2 aliphatic heterocycles. The highest BCUT2D eigenvalue weighted by molar-refractivity contribution is 8.18. The summed E-state index contributed by atoms with van der Waals surface area (Å²) in [5.41, 5.74) is 3.88. The number of thioether (sulfide) groups is 1. The van der Waals surface area contributed by atoms with E-state index in [4.69, 9.17) is 0 Å². The molecule has 7 heteroatoms. The summed E-state index contributed by atoms with van der Waals surface area (Å²) >= 11 is 0.817. The van der Waals surface area contributed by atoms with Gasteiger partial charge in [0.25, 0.3) is 17.1 Å². The van der Waals surface area contributed by atoms with Crippen LogP contribution >= 0.6 is 11.8 Å². The number of halogens is 1. The van der Waals surface area contributed by atoms with Crippen LogP contribution in [0.15, 0.2) is 77.7 Å². The Morgan fingerprint density at radius 1 is 0.971 bits per heavy atom. The van der Waals surface area contributed by atoms with E-state index in [1.807, 2.05) is 23.1 Å². The van der Waals surface area contributed by atoms with Crippen molar-refractivity contribution in [2.75, 3.05) is 6.54 Å². The van der Waals surface area contributed by atoms with Gasteiger partial charge in [-0.05, 0) is 59.1 Å². The maximum absolute atomic E-state index is 14.0. The molecule has 170 valence electrons. The molecular formula is C27H21FN2O3S. The van der Waals surface area contributed by atoms with Crippen LogP contribution in [0.25, 0.3) is 6.08 Å². The van der Waals surface area contributed by atoms with Crippen LogP contribution in [0.1, 0.15) is 32.6 Å². The smallest absolute Gasteiger partial charge is 0.293 e. The van der Waals surface area contributed by atoms with E-state index in [0.717, 1.165) is 28.6 Å². The van der Waals surface area contributed by atoms with Gasteiger partial charge in [0.15, 0.2) is 0 Å². The van der Waals surface area contributed by atoms with Crippen LogP contribution in [0.5, 0.6) is 0 Å². The molecule has 5 nitrogen and oxygen atoms in total. The molecule has 0 spiro atoms. The molecule has 0 bridgehead atoms. The molecule has 0 aromatic heterocycles. The van der Waals surface area contributed by atoms with Crippen LogP contribution in [0.2, 0.25) is 0 Å². The van der Waals surface area contributed by atoms with Gasteiger partial charge in [0, 0.05) is 24.2 Å². The second kappa shape index (κ2) is 9.27. The number of fused-ring (bicyclic) bond motifs is 1. The fourth-order valence-electron chi connectivity index (χ4n) is 4.20. The van der Waals surface area contributed by atoms with Gasteiger partial charge in [-0.15, -0.1) is 0 Å². The molecule has 2 heterocycles. The molecule has 3 amide bonds. The number of hydrogen-bond acceptors (Lipinski definition) is 4. The highest BCUT2D eigenvalue weighted by atomic mass is 32.2. The Kier molecular flexibility index (Phi) is 6.02. The van der Waals surface area contributed by atoms with Crippen molar-refractivity contribution in [2.24, 2.45) is 0 Å². The minimum Gasteiger partial charge on any atom is -0.334 e. The van der Waals surface area contributed by atoms with Gasteiger partial charge in [-0.25, -0.2) is 4.39 Å². The number of imide groups is 1. The number of benzene rings is 3. The Labute approximate surface area is 200 Å². The largest absolute Gasteiger partial charge is 0.334 e. The number of carbonyl (C=O) groups excluding carboxylic acids is 3. The van der Waals surface area contributed by atoms with Gasteiger partial charge in [0.05, 0.1) is 11.4 Å². The number of nitrogens with zero attached hydrogens (tertiary/aromatic N) is 2. The molecule has 34 heavy (non-hydrogen) atoms. The Balaban J connectivity index is 1.33. The summed E-state index contributed by atoms with van der Waals surface area (Å²) in [6.45, 7) is 1.09. The number of amides is 3. The average Bonchev–Trinajstić information content (AvgIpc) is 3.12. The molecule has 0 N–H and O–H groups in total. The fourth-order valence-corrected chi connectivity index (χ4v) is 5.04. The van der Waals surface area contributed by atoms with E-state index >= 15 is 0 Å². The third kappa shape index (κ3) is 4.39. The third-order valence-electron chi connectivity index (χ3n) is 6.01. The Morgan fingerprint density at radius 3 is 2.56 bits per heavy atom. The lowest BCUT2D eigenvalue weighted by Gasteiger charge is -2.29. The van der Waals surface area contributed by atoms with Gasteiger partial charge in [-0.2, -0.15) is 0 Å². The van der Waals surface area contributed by atoms with Gasteiger partial charge >= 0.3 is 0 Å². The summed E-state index contributed by atoms with van der Waals surface area (Å²) in [4.78, 5) is 41.5. The second-order valence-corrected chi connectivity index (χ2v) is 9.22. The van der Waals surface area contributed by atoms with Gasteiger partial charge in [-0.1, -0.05) is 54.6 Å². The molecule has 5 rings (SSSR count). The average molecular weight is 473 g/mol. The van der Waals surface area contributed by atoms with Crippen molar-refractivity contribution >= 4 is 34.9 Å². The molecule has 0 unspecified atom stereocenters. The summed E-state index contributed by atoms with van der Waals surface area (Å²) in [6.07, 6.45) is 2.42. The van der Waals surface area contributed by atoms with Crippen LogP contribution in [-0.4, -0.2) is 33.4 Å². The zero-order valence-electron chi connectivity index (χ0n) is 18.2. The summed E-state index contributed by atoms with van der Waals surface area (Å²) in [5.74, 6) is -1.00. The monoisotopic (exact) mass is 472 g/mol. The predicted octanol–water partition coefficient (Wildman–Crippen LogP) is 5.26. The number of hydrogen-bond donors (Lipinski definition) is 0. The van der Waals surface area contributed by atoms with E-state index in [1.54, 1.807) is 48.5 Å². The fraction of sp³-hybridized carbons (Fsp3) is 0.148. The predicted molar refractivity (Wildman–Crippen MR) is 129 cm³/mol. The minimum atomic E-state index is -0.470. The lowest BCUT2D eigenvalue weighted by Crippen LogP contribution is -2.35. The van der Waals surface area contributed by atoms with Crippen molar-refractivity contribution in [1.29, 1.82) is 0 Å². The molecular weight excluding hydrogens is 451 g/mol. The molecule has 0 radical (unpaired) electrons. The van der Waals surface area contributed by atoms with E-state index in [9.17, 15) is 18.8 Å². The van der Waals surface area contributed by atoms with Gasteiger partial charge in [0.1, 0.15) is 5.82 Å². The summed E-state index contributed by atoms with van der Waals surface area (Å²) in [5, 5.41) is -0.446. The second-order valence-electron chi connectivity index (χ2n) is 8.23. The topological polar surface area (TPSA) is 57.7 Å². The van der Waals surface area contributed by atoms with E-state index in [2.05, 4.69) is 6.07 Å². The quantitative estimate of drug-likeness (QED) is 0.486. The maximum atomic E-state index is 14.0. The first kappa shape index (κ1) is 22.1. The lowest BCUT2D eigenvalue weighted by atomic mass is 9.99. The maximum Gasteiger partial charge on any atom is 0.293 e. The van der Waals surface area contributed by atoms with Crippen LogP contribution in [0, 0.1) is 5.82 Å². The lowest BCUT2D eigenvalue weighted by molar-refractivity contribution is -0.123. The highest BCUT2D eigenvalue weighted by Crippen LogP contribution is 2.33. The van der Waals surface area contributed by atoms with Gasteiger partial charge in [0.2, 0.25) is 0 Å². The first-order chi connectivity index (χ1) is 16.5. The molecule has 0 aliphatic carbocycles. The van der Waals surface area contributed by atoms with Crippen LogP contribution in [0.4, 0.5) is 9.18 Å². The Bertz CT molecular complexity index is 1340. The molecule has 1 saturated heterocycles. The van der Waals surface area contributed by atoms with E-state index < -0.39 is 17.0 Å². The van der Waals surface area contributed by atoms with E-state index in [1.165, 1.54) is 11.6 Å². The molecule has 2 aliphatic rings. The van der Waals surface area contributed by atoms with Crippen molar-refractivity contribution < 1.29 is 18.8 Å². The zero-order valence-corrected chi connectivity index (χ0v) is 19.1. The summed E-state index contributed by atoms with van der Waals surface area (Å²) in [6, 6.07) is 21.2. The molecule has 0 saturated carbocycles.